The number of hydrogen-bond donors (Lipinski definition) is 2. The molecule has 0 radical (unpaired) electrons. The molecule has 2 N–H and O–H groups in total. The molecule has 0 amide bonds. The quantitative estimate of drug-likeness (QED) is 0.460. The molecule has 0 unspecified atom stereocenters. The number of ether oxygens (including phenoxy) is 1. The van der Waals surface area contributed by atoms with E-state index in [2.05, 4.69) is 9.72 Å². The van der Waals surface area contributed by atoms with E-state index >= 15 is 0 Å². The topological polar surface area (TPSA) is 62.3 Å². The fourth-order valence-corrected chi connectivity index (χ4v) is 1.52. The van der Waals surface area contributed by atoms with Crippen molar-refractivity contribution in [3.63, 3.8) is 0 Å². The number of carbonyl (C=O) groups excluding carboxylic acids is 1. The number of para-hydroxylation sites is 1. The summed E-state index contributed by atoms with van der Waals surface area (Å²) in [5.41, 5.74) is 1.70. The van der Waals surface area contributed by atoms with Crippen LogP contribution in [0.1, 0.15) is 5.56 Å². The van der Waals surface area contributed by atoms with Crippen LogP contribution in [0, 0.1) is 0 Å². The van der Waals surface area contributed by atoms with Crippen molar-refractivity contribution in [3.05, 3.63) is 41.8 Å². The average molecular weight is 217 g/mol. The summed E-state index contributed by atoms with van der Waals surface area (Å²) in [7, 11) is 1.22. The van der Waals surface area contributed by atoms with E-state index < -0.39 is 11.7 Å². The number of rotatable bonds is 2. The molecular weight excluding hydrogens is 206 g/mol. The molecule has 0 fully saturated rings. The van der Waals surface area contributed by atoms with E-state index in [9.17, 15) is 9.90 Å². The van der Waals surface area contributed by atoms with E-state index in [0.29, 0.717) is 0 Å². The van der Waals surface area contributed by atoms with Crippen LogP contribution in [0.2, 0.25) is 0 Å². The minimum Gasteiger partial charge on any atom is -0.502 e. The first-order chi connectivity index (χ1) is 7.72. The Kier molecular flexibility index (Phi) is 2.64. The summed E-state index contributed by atoms with van der Waals surface area (Å²) >= 11 is 0. The predicted molar refractivity (Wildman–Crippen MR) is 60.9 cm³/mol. The van der Waals surface area contributed by atoms with Crippen molar-refractivity contribution in [1.82, 2.24) is 4.98 Å². The third kappa shape index (κ3) is 1.77. The van der Waals surface area contributed by atoms with Gasteiger partial charge >= 0.3 is 5.97 Å². The fourth-order valence-electron chi connectivity index (χ4n) is 1.52. The van der Waals surface area contributed by atoms with Crippen molar-refractivity contribution in [2.45, 2.75) is 0 Å². The van der Waals surface area contributed by atoms with E-state index in [0.717, 1.165) is 16.5 Å². The van der Waals surface area contributed by atoms with E-state index in [-0.39, 0.29) is 0 Å². The fraction of sp³-hybridized carbons (Fsp3) is 0.0833. The van der Waals surface area contributed by atoms with E-state index in [1.165, 1.54) is 13.2 Å². The van der Waals surface area contributed by atoms with Gasteiger partial charge in [0.1, 0.15) is 0 Å². The molecule has 0 aliphatic rings. The van der Waals surface area contributed by atoms with Gasteiger partial charge in [-0.05, 0) is 12.1 Å². The Morgan fingerprint density at radius 2 is 2.19 bits per heavy atom. The number of aromatic amines is 1. The standard InChI is InChI=1S/C12H11NO3/c1-16-12(15)11(14)6-8-7-13-10-5-3-2-4-9(8)10/h2-7,13-14H,1H3. The first-order valence-corrected chi connectivity index (χ1v) is 4.77. The van der Waals surface area contributed by atoms with E-state index in [4.69, 9.17) is 0 Å². The highest BCUT2D eigenvalue weighted by molar-refractivity contribution is 5.96. The third-order valence-electron chi connectivity index (χ3n) is 2.31. The minimum atomic E-state index is -0.745. The Morgan fingerprint density at radius 1 is 1.44 bits per heavy atom. The molecule has 0 bridgehead atoms. The lowest BCUT2D eigenvalue weighted by Crippen LogP contribution is -2.03. The lowest BCUT2D eigenvalue weighted by atomic mass is 10.1. The molecule has 4 heteroatoms. The predicted octanol–water partition coefficient (Wildman–Crippen LogP) is 2.24. The maximum Gasteiger partial charge on any atom is 0.373 e. The molecule has 82 valence electrons. The molecule has 0 aliphatic carbocycles. The van der Waals surface area contributed by atoms with Crippen LogP contribution in [0.3, 0.4) is 0 Å². The Labute approximate surface area is 92.2 Å². The summed E-state index contributed by atoms with van der Waals surface area (Å²) in [6.45, 7) is 0. The highest BCUT2D eigenvalue weighted by Gasteiger charge is 2.08. The van der Waals surface area contributed by atoms with Gasteiger partial charge < -0.3 is 14.8 Å². The zero-order chi connectivity index (χ0) is 11.5. The van der Waals surface area contributed by atoms with Crippen molar-refractivity contribution in [2.75, 3.05) is 7.11 Å². The Hall–Kier alpha value is -2.23. The number of carbonyl (C=O) groups is 1. The number of nitrogens with one attached hydrogen (secondary N) is 1. The van der Waals surface area contributed by atoms with Crippen LogP contribution in [0.5, 0.6) is 0 Å². The van der Waals surface area contributed by atoms with Gasteiger partial charge in [0.05, 0.1) is 7.11 Å². The first-order valence-electron chi connectivity index (χ1n) is 4.77. The van der Waals surface area contributed by atoms with Gasteiger partial charge in [-0.25, -0.2) is 4.79 Å². The number of aromatic nitrogens is 1. The molecule has 1 heterocycles. The number of esters is 1. The zero-order valence-corrected chi connectivity index (χ0v) is 8.73. The molecule has 1 aromatic heterocycles. The van der Waals surface area contributed by atoms with Gasteiger partial charge in [0, 0.05) is 22.7 Å². The summed E-state index contributed by atoms with van der Waals surface area (Å²) in [5, 5.41) is 10.4. The molecule has 16 heavy (non-hydrogen) atoms. The number of aliphatic hydroxyl groups excluding tert-OH is 1. The van der Waals surface area contributed by atoms with Crippen molar-refractivity contribution < 1.29 is 14.6 Å². The van der Waals surface area contributed by atoms with Crippen molar-refractivity contribution >= 4 is 22.9 Å². The summed E-state index contributed by atoms with van der Waals surface area (Å²) in [6.07, 6.45) is 3.11. The molecule has 0 atom stereocenters. The second kappa shape index (κ2) is 4.10. The maximum atomic E-state index is 11.0. The van der Waals surface area contributed by atoms with Crippen molar-refractivity contribution in [1.29, 1.82) is 0 Å². The molecule has 0 saturated carbocycles. The molecule has 0 aliphatic heterocycles. The van der Waals surface area contributed by atoms with Crippen LogP contribution in [-0.2, 0) is 9.53 Å². The lowest BCUT2D eigenvalue weighted by Gasteiger charge is -1.96. The van der Waals surface area contributed by atoms with Gasteiger partial charge in [-0.3, -0.25) is 0 Å². The third-order valence-corrected chi connectivity index (χ3v) is 2.31. The largest absolute Gasteiger partial charge is 0.502 e. The summed E-state index contributed by atoms with van der Waals surface area (Å²) < 4.78 is 4.41. The number of fused-ring (bicyclic) bond motifs is 1. The molecule has 4 nitrogen and oxygen atoms in total. The van der Waals surface area contributed by atoms with E-state index in [1.54, 1.807) is 6.20 Å². The number of H-pyrrole nitrogens is 1. The molecule has 1 aromatic carbocycles. The number of aliphatic hydroxyl groups is 1. The van der Waals surface area contributed by atoms with Crippen molar-refractivity contribution in [2.24, 2.45) is 0 Å². The van der Waals surface area contributed by atoms with Crippen LogP contribution in [-0.4, -0.2) is 23.2 Å². The van der Waals surface area contributed by atoms with Crippen LogP contribution in [0.25, 0.3) is 17.0 Å². The minimum absolute atomic E-state index is 0.410. The molecule has 0 saturated heterocycles. The second-order valence-electron chi connectivity index (χ2n) is 3.31. The molecular formula is C12H11NO3. The normalized spacial score (nSPS) is 11.7. The molecule has 2 rings (SSSR count). The number of benzene rings is 1. The summed E-state index contributed by atoms with van der Waals surface area (Å²) in [5.74, 6) is -1.16. The van der Waals surface area contributed by atoms with E-state index in [1.807, 2.05) is 24.3 Å². The number of hydrogen-bond acceptors (Lipinski definition) is 3. The Balaban J connectivity index is 2.45. The molecule has 2 aromatic rings. The van der Waals surface area contributed by atoms with Crippen molar-refractivity contribution in [3.8, 4) is 0 Å². The summed E-state index contributed by atoms with van der Waals surface area (Å²) in [6, 6.07) is 7.62. The Morgan fingerprint density at radius 3 is 2.94 bits per heavy atom. The highest BCUT2D eigenvalue weighted by Crippen LogP contribution is 2.19. The SMILES string of the molecule is COC(=O)C(O)=Cc1c[nH]c2ccccc12. The average Bonchev–Trinajstić information content (AvgIpc) is 2.72. The smallest absolute Gasteiger partial charge is 0.373 e. The number of methoxy groups -OCH3 is 1. The zero-order valence-electron chi connectivity index (χ0n) is 8.73. The maximum absolute atomic E-state index is 11.0. The van der Waals surface area contributed by atoms with Crippen LogP contribution < -0.4 is 0 Å². The Bertz CT molecular complexity index is 554. The van der Waals surface area contributed by atoms with Gasteiger partial charge in [0.15, 0.2) is 0 Å². The van der Waals surface area contributed by atoms with Crippen LogP contribution in [0.4, 0.5) is 0 Å². The van der Waals surface area contributed by atoms with Gasteiger partial charge in [-0.2, -0.15) is 0 Å². The van der Waals surface area contributed by atoms with Gasteiger partial charge in [-0.1, -0.05) is 18.2 Å². The molecule has 0 spiro atoms. The monoisotopic (exact) mass is 217 g/mol. The highest BCUT2D eigenvalue weighted by atomic mass is 16.5. The summed E-state index contributed by atoms with van der Waals surface area (Å²) in [4.78, 5) is 14.1. The van der Waals surface area contributed by atoms with Crippen LogP contribution in [0.15, 0.2) is 36.2 Å². The van der Waals surface area contributed by atoms with Crippen LogP contribution >= 0.6 is 0 Å². The van der Waals surface area contributed by atoms with Gasteiger partial charge in [0.2, 0.25) is 5.76 Å². The van der Waals surface area contributed by atoms with Gasteiger partial charge in [0.25, 0.3) is 0 Å². The first kappa shape index (κ1) is 10.3. The lowest BCUT2D eigenvalue weighted by molar-refractivity contribution is -0.138. The second-order valence-corrected chi connectivity index (χ2v) is 3.31. The van der Waals surface area contributed by atoms with Gasteiger partial charge in [-0.15, -0.1) is 0 Å².